The maximum absolute atomic E-state index is 8.74. The predicted octanol–water partition coefficient (Wildman–Crippen LogP) is 2.45. The fraction of sp³-hybridized carbons (Fsp3) is 0.200. The van der Waals surface area contributed by atoms with Crippen molar-refractivity contribution in [1.29, 1.82) is 0 Å². The van der Waals surface area contributed by atoms with E-state index in [-0.39, 0.29) is 6.61 Å². The summed E-state index contributed by atoms with van der Waals surface area (Å²) in [6.45, 7) is 0.513. The number of hydrogen-bond acceptors (Lipinski definition) is 4. The van der Waals surface area contributed by atoms with Crippen molar-refractivity contribution in [2.24, 2.45) is 0 Å². The second-order valence-corrected chi connectivity index (χ2v) is 4.41. The molecule has 0 aliphatic heterocycles. The molecule has 6 heteroatoms. The zero-order valence-electron chi connectivity index (χ0n) is 8.24. The highest BCUT2D eigenvalue weighted by atomic mass is 79.9. The molecule has 2 aromatic heterocycles. The van der Waals surface area contributed by atoms with Gasteiger partial charge in [-0.1, -0.05) is 11.6 Å². The first-order valence-electron chi connectivity index (χ1n) is 4.67. The van der Waals surface area contributed by atoms with Gasteiger partial charge in [-0.05, 0) is 22.0 Å². The maximum Gasteiger partial charge on any atom is 0.141 e. The number of rotatable bonds is 3. The van der Waals surface area contributed by atoms with Crippen LogP contribution >= 0.6 is 27.5 Å². The zero-order chi connectivity index (χ0) is 11.5. The predicted molar refractivity (Wildman–Crippen MR) is 67.8 cm³/mol. The second-order valence-electron chi connectivity index (χ2n) is 3.17. The highest BCUT2D eigenvalue weighted by Crippen LogP contribution is 2.25. The monoisotopic (exact) mass is 301 g/mol. The normalized spacial score (nSPS) is 10.7. The number of nitrogens with zero attached hydrogens (tertiary/aromatic N) is 2. The van der Waals surface area contributed by atoms with Gasteiger partial charge < -0.3 is 10.4 Å². The molecule has 0 aliphatic rings. The molecule has 0 spiro atoms. The summed E-state index contributed by atoms with van der Waals surface area (Å²) in [5.74, 6) is 0.684. The van der Waals surface area contributed by atoms with Gasteiger partial charge in [0.2, 0.25) is 0 Å². The molecule has 0 amide bonds. The fourth-order valence-electron chi connectivity index (χ4n) is 1.32. The minimum atomic E-state index is 0.0588. The largest absolute Gasteiger partial charge is 0.395 e. The van der Waals surface area contributed by atoms with Crippen molar-refractivity contribution in [3.63, 3.8) is 0 Å². The lowest BCUT2D eigenvalue weighted by Crippen LogP contribution is -2.07. The highest BCUT2D eigenvalue weighted by molar-refractivity contribution is 9.10. The quantitative estimate of drug-likeness (QED) is 0.855. The molecule has 2 aromatic rings. The van der Waals surface area contributed by atoms with Gasteiger partial charge in [0.1, 0.15) is 11.0 Å². The van der Waals surface area contributed by atoms with Crippen molar-refractivity contribution in [3.8, 4) is 0 Å². The van der Waals surface area contributed by atoms with E-state index in [0.717, 1.165) is 15.4 Å². The van der Waals surface area contributed by atoms with Gasteiger partial charge in [0.15, 0.2) is 0 Å². The van der Waals surface area contributed by atoms with E-state index in [1.165, 1.54) is 0 Å². The van der Waals surface area contributed by atoms with Crippen LogP contribution in [0.15, 0.2) is 22.8 Å². The summed E-state index contributed by atoms with van der Waals surface area (Å²) < 4.78 is 0.831. The molecule has 4 nitrogen and oxygen atoms in total. The molecule has 0 aromatic carbocycles. The van der Waals surface area contributed by atoms with Gasteiger partial charge in [0.05, 0.1) is 16.6 Å². The van der Waals surface area contributed by atoms with Crippen molar-refractivity contribution < 1.29 is 5.11 Å². The van der Waals surface area contributed by atoms with Crippen LogP contribution < -0.4 is 5.32 Å². The SMILES string of the molecule is OCCNc1nc2cc(Cl)ncc2cc1Br. The number of aliphatic hydroxyl groups excluding tert-OH is 1. The Morgan fingerprint density at radius 1 is 1.44 bits per heavy atom. The molecule has 16 heavy (non-hydrogen) atoms. The van der Waals surface area contributed by atoms with Gasteiger partial charge in [-0.3, -0.25) is 0 Å². The Hall–Kier alpha value is -0.910. The zero-order valence-corrected chi connectivity index (χ0v) is 10.6. The molecular weight excluding hydrogens is 293 g/mol. The number of fused-ring (bicyclic) bond motifs is 1. The Kier molecular flexibility index (Phi) is 3.58. The van der Waals surface area contributed by atoms with E-state index in [2.05, 4.69) is 31.2 Å². The first kappa shape index (κ1) is 11.6. The molecule has 2 N–H and O–H groups in total. The van der Waals surface area contributed by atoms with Gasteiger partial charge in [-0.15, -0.1) is 0 Å². The molecule has 0 bridgehead atoms. The summed E-state index contributed by atoms with van der Waals surface area (Å²) in [7, 11) is 0. The van der Waals surface area contributed by atoms with Crippen molar-refractivity contribution >= 4 is 44.3 Å². The summed E-state index contributed by atoms with van der Waals surface area (Å²) in [5.41, 5.74) is 0.767. The smallest absolute Gasteiger partial charge is 0.141 e. The lowest BCUT2D eigenvalue weighted by molar-refractivity contribution is 0.311. The Morgan fingerprint density at radius 3 is 3.00 bits per heavy atom. The standard InChI is InChI=1S/C10H9BrClN3O/c11-7-3-6-5-14-9(12)4-8(6)15-10(7)13-1-2-16/h3-5,16H,1-2H2,(H,13,15). The van der Waals surface area contributed by atoms with Crippen LogP contribution in [0.1, 0.15) is 0 Å². The van der Waals surface area contributed by atoms with Crippen LogP contribution in [-0.4, -0.2) is 28.2 Å². The molecule has 0 saturated carbocycles. The van der Waals surface area contributed by atoms with Gasteiger partial charge in [-0.2, -0.15) is 0 Å². The number of hydrogen-bond donors (Lipinski definition) is 2. The molecule has 84 valence electrons. The number of aliphatic hydroxyl groups is 1. The van der Waals surface area contributed by atoms with Crippen molar-refractivity contribution in [2.45, 2.75) is 0 Å². The van der Waals surface area contributed by atoms with Gasteiger partial charge in [0, 0.05) is 24.2 Å². The lowest BCUT2D eigenvalue weighted by Gasteiger charge is -2.07. The van der Waals surface area contributed by atoms with Gasteiger partial charge in [0.25, 0.3) is 0 Å². The van der Waals surface area contributed by atoms with E-state index >= 15 is 0 Å². The van der Waals surface area contributed by atoms with Crippen molar-refractivity contribution in [2.75, 3.05) is 18.5 Å². The van der Waals surface area contributed by atoms with E-state index in [4.69, 9.17) is 16.7 Å². The number of halogens is 2. The summed E-state index contributed by atoms with van der Waals surface area (Å²) in [6, 6.07) is 3.61. The lowest BCUT2D eigenvalue weighted by atomic mass is 10.3. The van der Waals surface area contributed by atoms with E-state index in [1.54, 1.807) is 12.3 Å². The van der Waals surface area contributed by atoms with Crippen molar-refractivity contribution in [1.82, 2.24) is 9.97 Å². The van der Waals surface area contributed by atoms with E-state index in [9.17, 15) is 0 Å². The molecular formula is C10H9BrClN3O. The number of aromatic nitrogens is 2. The van der Waals surface area contributed by atoms with E-state index in [1.807, 2.05) is 6.07 Å². The van der Waals surface area contributed by atoms with Crippen LogP contribution in [0.25, 0.3) is 10.9 Å². The molecule has 0 fully saturated rings. The number of nitrogens with one attached hydrogen (secondary N) is 1. The average Bonchev–Trinajstić information content (AvgIpc) is 2.27. The average molecular weight is 303 g/mol. The van der Waals surface area contributed by atoms with Crippen LogP contribution in [0.4, 0.5) is 5.82 Å². The minimum Gasteiger partial charge on any atom is -0.395 e. The van der Waals surface area contributed by atoms with Gasteiger partial charge in [-0.25, -0.2) is 9.97 Å². The third-order valence-corrected chi connectivity index (χ3v) is 2.83. The Morgan fingerprint density at radius 2 is 2.25 bits per heavy atom. The van der Waals surface area contributed by atoms with Crippen molar-refractivity contribution in [3.05, 3.63) is 28.0 Å². The van der Waals surface area contributed by atoms with Gasteiger partial charge >= 0.3 is 0 Å². The third-order valence-electron chi connectivity index (χ3n) is 2.02. The van der Waals surface area contributed by atoms with E-state index < -0.39 is 0 Å². The Bertz CT molecular complexity index is 521. The fourth-order valence-corrected chi connectivity index (χ4v) is 1.94. The van der Waals surface area contributed by atoms with Crippen LogP contribution in [0.2, 0.25) is 5.15 Å². The first-order chi connectivity index (χ1) is 7.70. The first-order valence-corrected chi connectivity index (χ1v) is 5.84. The molecule has 0 aliphatic carbocycles. The number of pyridine rings is 2. The summed E-state index contributed by atoms with van der Waals surface area (Å²) >= 11 is 9.19. The molecule has 0 unspecified atom stereocenters. The number of anilines is 1. The Balaban J connectivity index is 2.46. The third kappa shape index (κ3) is 2.42. The molecule has 0 atom stereocenters. The van der Waals surface area contributed by atoms with Crippen LogP contribution in [0, 0.1) is 0 Å². The second kappa shape index (κ2) is 4.95. The Labute approximate surface area is 106 Å². The summed E-state index contributed by atoms with van der Waals surface area (Å²) in [5, 5.41) is 13.1. The molecule has 2 heterocycles. The molecule has 0 saturated heterocycles. The maximum atomic E-state index is 8.74. The minimum absolute atomic E-state index is 0.0588. The summed E-state index contributed by atoms with van der Waals surface area (Å²) in [6.07, 6.45) is 1.67. The molecule has 0 radical (unpaired) electrons. The highest BCUT2D eigenvalue weighted by Gasteiger charge is 2.05. The molecule has 2 rings (SSSR count). The van der Waals surface area contributed by atoms with Crippen LogP contribution in [0.3, 0.4) is 0 Å². The van der Waals surface area contributed by atoms with Crippen LogP contribution in [-0.2, 0) is 0 Å². The van der Waals surface area contributed by atoms with Crippen LogP contribution in [0.5, 0.6) is 0 Å². The topological polar surface area (TPSA) is 58.0 Å². The van der Waals surface area contributed by atoms with E-state index in [0.29, 0.717) is 17.5 Å². The summed E-state index contributed by atoms with van der Waals surface area (Å²) in [4.78, 5) is 8.36.